The van der Waals surface area contributed by atoms with Crippen LogP contribution in [0.5, 0.6) is 0 Å². The predicted octanol–water partition coefficient (Wildman–Crippen LogP) is 0.828. The van der Waals surface area contributed by atoms with Crippen LogP contribution < -0.4 is 5.32 Å². The van der Waals surface area contributed by atoms with E-state index in [0.29, 0.717) is 0 Å². The van der Waals surface area contributed by atoms with Crippen LogP contribution in [0.1, 0.15) is 6.92 Å². The number of hydrogen-bond acceptors (Lipinski definition) is 2. The molecule has 0 saturated carbocycles. The number of aliphatic carboxylic acids is 1. The highest BCUT2D eigenvalue weighted by Gasteiger charge is 2.11. The molecule has 0 aromatic heterocycles. The zero-order valence-corrected chi connectivity index (χ0v) is 5.92. The van der Waals surface area contributed by atoms with Crippen LogP contribution in [-0.4, -0.2) is 23.5 Å². The molecular formula is C6H9F2NO2. The van der Waals surface area contributed by atoms with E-state index in [0.717, 1.165) is 12.3 Å². The summed E-state index contributed by atoms with van der Waals surface area (Å²) in [7, 11) is 0. The maximum atomic E-state index is 11.7. The van der Waals surface area contributed by atoms with Crippen molar-refractivity contribution >= 4 is 5.97 Å². The van der Waals surface area contributed by atoms with Crippen LogP contribution in [0.2, 0.25) is 0 Å². The van der Waals surface area contributed by atoms with E-state index in [1.165, 1.54) is 6.92 Å². The van der Waals surface area contributed by atoms with Crippen LogP contribution in [0, 0.1) is 0 Å². The van der Waals surface area contributed by atoms with Gasteiger partial charge in [-0.05, 0) is 6.92 Å². The van der Waals surface area contributed by atoms with Crippen molar-refractivity contribution in [2.75, 3.05) is 0 Å². The van der Waals surface area contributed by atoms with Crippen LogP contribution in [0.3, 0.4) is 0 Å². The SMILES string of the molecule is CC(N/C=C/C(=O)O)C(F)F. The van der Waals surface area contributed by atoms with Crippen molar-refractivity contribution in [3.63, 3.8) is 0 Å². The molecule has 0 bridgehead atoms. The van der Waals surface area contributed by atoms with Crippen molar-refractivity contribution in [3.05, 3.63) is 12.3 Å². The molecular weight excluding hydrogens is 156 g/mol. The number of rotatable bonds is 4. The summed E-state index contributed by atoms with van der Waals surface area (Å²) in [4.78, 5) is 9.84. The van der Waals surface area contributed by atoms with Crippen molar-refractivity contribution in [2.24, 2.45) is 0 Å². The molecule has 0 aliphatic carbocycles. The molecule has 11 heavy (non-hydrogen) atoms. The Kier molecular flexibility index (Phi) is 4.17. The van der Waals surface area contributed by atoms with Gasteiger partial charge in [0.25, 0.3) is 6.43 Å². The second-order valence-electron chi connectivity index (χ2n) is 1.96. The Morgan fingerprint density at radius 2 is 2.18 bits per heavy atom. The van der Waals surface area contributed by atoms with Crippen molar-refractivity contribution in [1.82, 2.24) is 5.32 Å². The summed E-state index contributed by atoms with van der Waals surface area (Å²) < 4.78 is 23.4. The zero-order chi connectivity index (χ0) is 8.85. The van der Waals surface area contributed by atoms with Crippen molar-refractivity contribution in [3.8, 4) is 0 Å². The van der Waals surface area contributed by atoms with E-state index >= 15 is 0 Å². The molecule has 0 aromatic rings. The predicted molar refractivity (Wildman–Crippen MR) is 35.4 cm³/mol. The molecule has 0 heterocycles. The average molecular weight is 165 g/mol. The fraction of sp³-hybridized carbons (Fsp3) is 0.500. The fourth-order valence-corrected chi connectivity index (χ4v) is 0.344. The lowest BCUT2D eigenvalue weighted by molar-refractivity contribution is -0.131. The Morgan fingerprint density at radius 3 is 2.55 bits per heavy atom. The number of halogens is 2. The van der Waals surface area contributed by atoms with E-state index in [1.54, 1.807) is 0 Å². The van der Waals surface area contributed by atoms with Crippen molar-refractivity contribution in [2.45, 2.75) is 19.4 Å². The van der Waals surface area contributed by atoms with E-state index in [4.69, 9.17) is 5.11 Å². The molecule has 64 valence electrons. The van der Waals surface area contributed by atoms with Gasteiger partial charge in [-0.2, -0.15) is 0 Å². The minimum atomic E-state index is -2.49. The monoisotopic (exact) mass is 165 g/mol. The highest BCUT2D eigenvalue weighted by molar-refractivity contribution is 5.79. The molecule has 0 aromatic carbocycles. The second kappa shape index (κ2) is 4.65. The maximum Gasteiger partial charge on any atom is 0.329 e. The molecule has 1 unspecified atom stereocenters. The van der Waals surface area contributed by atoms with Gasteiger partial charge in [0.1, 0.15) is 0 Å². The number of nitrogens with one attached hydrogen (secondary N) is 1. The Labute approximate surface area is 62.7 Å². The Balaban J connectivity index is 3.61. The summed E-state index contributed by atoms with van der Waals surface area (Å²) in [5.74, 6) is -1.17. The molecule has 0 fully saturated rings. The molecule has 3 nitrogen and oxygen atoms in total. The normalized spacial score (nSPS) is 13.8. The lowest BCUT2D eigenvalue weighted by Crippen LogP contribution is -2.28. The lowest BCUT2D eigenvalue weighted by Gasteiger charge is -2.08. The molecule has 0 aliphatic heterocycles. The molecule has 0 aliphatic rings. The van der Waals surface area contributed by atoms with Crippen molar-refractivity contribution in [1.29, 1.82) is 0 Å². The third kappa shape index (κ3) is 5.32. The van der Waals surface area contributed by atoms with E-state index in [9.17, 15) is 13.6 Å². The van der Waals surface area contributed by atoms with E-state index in [2.05, 4.69) is 5.32 Å². The standard InChI is InChI=1S/C6H9F2NO2/c1-4(6(7)8)9-3-2-5(10)11/h2-4,6,9H,1H3,(H,10,11)/b3-2+. The average Bonchev–Trinajstić information content (AvgIpc) is 1.86. The van der Waals surface area contributed by atoms with Crippen LogP contribution in [0.4, 0.5) is 8.78 Å². The number of alkyl halides is 2. The molecule has 0 spiro atoms. The van der Waals surface area contributed by atoms with Gasteiger partial charge in [0.2, 0.25) is 0 Å². The molecule has 0 saturated heterocycles. The topological polar surface area (TPSA) is 49.3 Å². The van der Waals surface area contributed by atoms with Crippen LogP contribution in [0.25, 0.3) is 0 Å². The first-order valence-electron chi connectivity index (χ1n) is 2.97. The van der Waals surface area contributed by atoms with E-state index in [1.807, 2.05) is 0 Å². The summed E-state index contributed by atoms with van der Waals surface area (Å²) in [5.41, 5.74) is 0. The molecule has 0 amide bonds. The summed E-state index contributed by atoms with van der Waals surface area (Å²) >= 11 is 0. The number of carboxylic acid groups (broad SMARTS) is 1. The van der Waals surface area contributed by atoms with E-state index in [-0.39, 0.29) is 0 Å². The summed E-state index contributed by atoms with van der Waals surface area (Å²) in [6.45, 7) is 1.26. The third-order valence-electron chi connectivity index (χ3n) is 0.963. The molecule has 0 rings (SSSR count). The summed E-state index contributed by atoms with van der Waals surface area (Å²) in [6.07, 6.45) is -0.744. The minimum Gasteiger partial charge on any atom is -0.478 e. The number of carbonyl (C=O) groups is 1. The van der Waals surface area contributed by atoms with Gasteiger partial charge >= 0.3 is 5.97 Å². The molecule has 5 heteroatoms. The summed E-state index contributed by atoms with van der Waals surface area (Å²) in [5, 5.41) is 10.3. The van der Waals surface area contributed by atoms with Gasteiger partial charge in [-0.1, -0.05) is 0 Å². The number of carboxylic acids is 1. The van der Waals surface area contributed by atoms with E-state index < -0.39 is 18.4 Å². The lowest BCUT2D eigenvalue weighted by atomic mass is 10.4. The van der Waals surface area contributed by atoms with Crippen molar-refractivity contribution < 1.29 is 18.7 Å². The minimum absolute atomic E-state index is 0.763. The quantitative estimate of drug-likeness (QED) is 0.606. The smallest absolute Gasteiger partial charge is 0.329 e. The van der Waals surface area contributed by atoms with Gasteiger partial charge < -0.3 is 10.4 Å². The largest absolute Gasteiger partial charge is 0.478 e. The van der Waals surface area contributed by atoms with Crippen LogP contribution >= 0.6 is 0 Å². The Hall–Kier alpha value is -1.13. The molecule has 0 radical (unpaired) electrons. The number of hydrogen-bond donors (Lipinski definition) is 2. The summed E-state index contributed by atoms with van der Waals surface area (Å²) in [6, 6.07) is -1.02. The van der Waals surface area contributed by atoms with Gasteiger partial charge in [0.05, 0.1) is 6.04 Å². The first kappa shape index (κ1) is 9.87. The van der Waals surface area contributed by atoms with Crippen LogP contribution in [-0.2, 0) is 4.79 Å². The fourth-order valence-electron chi connectivity index (χ4n) is 0.344. The highest BCUT2D eigenvalue weighted by Crippen LogP contribution is 1.98. The first-order chi connectivity index (χ1) is 5.04. The molecule has 1 atom stereocenters. The van der Waals surface area contributed by atoms with Gasteiger partial charge in [-0.3, -0.25) is 0 Å². The van der Waals surface area contributed by atoms with Gasteiger partial charge in [0.15, 0.2) is 0 Å². The van der Waals surface area contributed by atoms with Crippen LogP contribution in [0.15, 0.2) is 12.3 Å². The first-order valence-corrected chi connectivity index (χ1v) is 2.97. The Bertz CT molecular complexity index is 159. The maximum absolute atomic E-state index is 11.7. The second-order valence-corrected chi connectivity index (χ2v) is 1.96. The van der Waals surface area contributed by atoms with Gasteiger partial charge in [-0.25, -0.2) is 13.6 Å². The molecule has 2 N–H and O–H groups in total. The van der Waals surface area contributed by atoms with Gasteiger partial charge in [0, 0.05) is 12.3 Å². The van der Waals surface area contributed by atoms with Gasteiger partial charge in [-0.15, -0.1) is 0 Å². The zero-order valence-electron chi connectivity index (χ0n) is 5.92. The Morgan fingerprint density at radius 1 is 1.64 bits per heavy atom. The third-order valence-corrected chi connectivity index (χ3v) is 0.963. The highest BCUT2D eigenvalue weighted by atomic mass is 19.3.